The zero-order chi connectivity index (χ0) is 17.0. The summed E-state index contributed by atoms with van der Waals surface area (Å²) in [4.78, 5) is 15.4. The number of carbonyl (C=O) groups excluding carboxylic acids is 1. The van der Waals surface area contributed by atoms with Crippen LogP contribution in [0.2, 0.25) is 5.15 Å². The zero-order valence-electron chi connectivity index (χ0n) is 12.7. The molecule has 0 radical (unpaired) electrons. The second kappa shape index (κ2) is 7.34. The molecule has 124 valence electrons. The summed E-state index contributed by atoms with van der Waals surface area (Å²) in [5, 5.41) is 22.2. The molecule has 0 fully saturated rings. The standard InChI is InChI=1S/C15H17ClN2O5/c1-8(2)22-9-3-4-10-11(7-9)12(20)14(18-13(10)16)23-15(21)17-5-6-19/h3-4,7-8,19-20H,5-6H2,1-2H3,(H,17,21). The number of carbonyl (C=O) groups is 1. The van der Waals surface area contributed by atoms with Gasteiger partial charge in [0.25, 0.3) is 5.88 Å². The molecule has 0 aliphatic rings. The van der Waals surface area contributed by atoms with Gasteiger partial charge in [-0.1, -0.05) is 11.6 Å². The molecule has 2 aromatic rings. The number of aromatic hydroxyl groups is 1. The topological polar surface area (TPSA) is 101 Å². The second-order valence-electron chi connectivity index (χ2n) is 4.97. The minimum atomic E-state index is -0.855. The molecule has 7 nitrogen and oxygen atoms in total. The van der Waals surface area contributed by atoms with E-state index in [2.05, 4.69) is 10.3 Å². The first-order valence-corrected chi connectivity index (χ1v) is 7.35. The maximum atomic E-state index is 11.5. The summed E-state index contributed by atoms with van der Waals surface area (Å²) in [5.74, 6) is -0.0989. The summed E-state index contributed by atoms with van der Waals surface area (Å²) in [6, 6.07) is 4.97. The van der Waals surface area contributed by atoms with E-state index in [0.29, 0.717) is 16.5 Å². The molecular weight excluding hydrogens is 324 g/mol. The van der Waals surface area contributed by atoms with Crippen LogP contribution in [0.15, 0.2) is 18.2 Å². The lowest BCUT2D eigenvalue weighted by molar-refractivity contribution is 0.192. The van der Waals surface area contributed by atoms with Gasteiger partial charge in [0.2, 0.25) is 0 Å². The Morgan fingerprint density at radius 2 is 2.13 bits per heavy atom. The minimum Gasteiger partial charge on any atom is -0.503 e. The molecule has 2 rings (SSSR count). The van der Waals surface area contributed by atoms with E-state index in [1.54, 1.807) is 18.2 Å². The van der Waals surface area contributed by atoms with Crippen LogP contribution in [0.1, 0.15) is 13.8 Å². The number of benzene rings is 1. The number of aliphatic hydroxyl groups is 1. The van der Waals surface area contributed by atoms with E-state index in [0.717, 1.165) is 0 Å². The number of hydrogen-bond acceptors (Lipinski definition) is 6. The molecule has 8 heteroatoms. The van der Waals surface area contributed by atoms with Crippen molar-refractivity contribution in [3.63, 3.8) is 0 Å². The van der Waals surface area contributed by atoms with Crippen LogP contribution in [-0.4, -0.2) is 40.5 Å². The predicted molar refractivity (Wildman–Crippen MR) is 85.3 cm³/mol. The average molecular weight is 341 g/mol. The number of hydrogen-bond donors (Lipinski definition) is 3. The maximum absolute atomic E-state index is 11.5. The fourth-order valence-corrected chi connectivity index (χ4v) is 2.16. The van der Waals surface area contributed by atoms with Gasteiger partial charge in [-0.2, -0.15) is 4.98 Å². The fraction of sp³-hybridized carbons (Fsp3) is 0.333. The first-order chi connectivity index (χ1) is 10.9. The van der Waals surface area contributed by atoms with Crippen molar-refractivity contribution in [1.82, 2.24) is 10.3 Å². The van der Waals surface area contributed by atoms with Crippen molar-refractivity contribution in [2.45, 2.75) is 20.0 Å². The van der Waals surface area contributed by atoms with Gasteiger partial charge in [-0.3, -0.25) is 0 Å². The van der Waals surface area contributed by atoms with E-state index in [-0.39, 0.29) is 36.0 Å². The van der Waals surface area contributed by atoms with Crippen LogP contribution in [0.3, 0.4) is 0 Å². The van der Waals surface area contributed by atoms with Gasteiger partial charge in [0, 0.05) is 17.3 Å². The Hall–Kier alpha value is -2.25. The number of amides is 1. The number of nitrogens with zero attached hydrogens (tertiary/aromatic N) is 1. The highest BCUT2D eigenvalue weighted by molar-refractivity contribution is 6.34. The van der Waals surface area contributed by atoms with Gasteiger partial charge in [0.1, 0.15) is 10.9 Å². The van der Waals surface area contributed by atoms with E-state index in [1.165, 1.54) is 0 Å². The third-order valence-electron chi connectivity index (χ3n) is 2.81. The van der Waals surface area contributed by atoms with Gasteiger partial charge in [-0.15, -0.1) is 0 Å². The number of ether oxygens (including phenoxy) is 2. The predicted octanol–water partition coefficient (Wildman–Crippen LogP) is 2.46. The van der Waals surface area contributed by atoms with Gasteiger partial charge in [-0.25, -0.2) is 4.79 Å². The summed E-state index contributed by atoms with van der Waals surface area (Å²) in [6.07, 6.45) is -0.890. The van der Waals surface area contributed by atoms with Gasteiger partial charge >= 0.3 is 6.09 Å². The number of halogens is 1. The molecule has 0 saturated carbocycles. The van der Waals surface area contributed by atoms with Crippen LogP contribution < -0.4 is 14.8 Å². The van der Waals surface area contributed by atoms with Gasteiger partial charge in [0.15, 0.2) is 5.75 Å². The third-order valence-corrected chi connectivity index (χ3v) is 3.10. The van der Waals surface area contributed by atoms with Gasteiger partial charge < -0.3 is 25.0 Å². The van der Waals surface area contributed by atoms with E-state index in [9.17, 15) is 9.90 Å². The second-order valence-corrected chi connectivity index (χ2v) is 5.33. The van der Waals surface area contributed by atoms with Crippen LogP contribution in [0.4, 0.5) is 4.79 Å². The lowest BCUT2D eigenvalue weighted by Gasteiger charge is -2.13. The van der Waals surface area contributed by atoms with E-state index < -0.39 is 6.09 Å². The van der Waals surface area contributed by atoms with Crippen molar-refractivity contribution in [1.29, 1.82) is 0 Å². The number of rotatable bonds is 5. The molecule has 0 unspecified atom stereocenters. The Kier molecular flexibility index (Phi) is 5.46. The molecule has 1 aromatic carbocycles. The quantitative estimate of drug-likeness (QED) is 0.723. The fourth-order valence-electron chi connectivity index (χ4n) is 1.92. The first-order valence-electron chi connectivity index (χ1n) is 6.97. The number of fused-ring (bicyclic) bond motifs is 1. The highest BCUT2D eigenvalue weighted by Crippen LogP contribution is 2.38. The summed E-state index contributed by atoms with van der Waals surface area (Å²) in [6.45, 7) is 3.55. The molecule has 0 aliphatic heterocycles. The molecular formula is C15H17ClN2O5. The lowest BCUT2D eigenvalue weighted by Crippen LogP contribution is -2.29. The van der Waals surface area contributed by atoms with Crippen molar-refractivity contribution in [2.24, 2.45) is 0 Å². The molecule has 0 atom stereocenters. The van der Waals surface area contributed by atoms with Crippen molar-refractivity contribution in [3.8, 4) is 17.4 Å². The molecule has 23 heavy (non-hydrogen) atoms. The number of nitrogens with one attached hydrogen (secondary N) is 1. The molecule has 1 heterocycles. The zero-order valence-corrected chi connectivity index (χ0v) is 13.4. The number of aromatic nitrogens is 1. The number of aliphatic hydroxyl groups excluding tert-OH is 1. The molecule has 0 aliphatic carbocycles. The van der Waals surface area contributed by atoms with Crippen molar-refractivity contribution in [3.05, 3.63) is 23.4 Å². The highest BCUT2D eigenvalue weighted by Gasteiger charge is 2.17. The lowest BCUT2D eigenvalue weighted by atomic mass is 10.1. The monoisotopic (exact) mass is 340 g/mol. The normalized spacial score (nSPS) is 10.8. The Morgan fingerprint density at radius 3 is 2.78 bits per heavy atom. The molecule has 3 N–H and O–H groups in total. The van der Waals surface area contributed by atoms with Crippen LogP contribution in [-0.2, 0) is 0 Å². The summed E-state index contributed by atoms with van der Waals surface area (Å²) < 4.78 is 10.5. The third kappa shape index (κ3) is 4.14. The molecule has 1 amide bonds. The highest BCUT2D eigenvalue weighted by atomic mass is 35.5. The van der Waals surface area contributed by atoms with Crippen LogP contribution in [0.5, 0.6) is 17.4 Å². The van der Waals surface area contributed by atoms with E-state index in [4.69, 9.17) is 26.2 Å². The van der Waals surface area contributed by atoms with Gasteiger partial charge in [-0.05, 0) is 32.0 Å². The first kappa shape index (κ1) is 17.1. The molecule has 0 saturated heterocycles. The van der Waals surface area contributed by atoms with Crippen LogP contribution >= 0.6 is 11.6 Å². The Bertz CT molecular complexity index is 721. The van der Waals surface area contributed by atoms with E-state index >= 15 is 0 Å². The molecule has 1 aromatic heterocycles. The van der Waals surface area contributed by atoms with Crippen LogP contribution in [0, 0.1) is 0 Å². The summed E-state index contributed by atoms with van der Waals surface area (Å²) >= 11 is 6.07. The Labute approximate surface area is 137 Å². The summed E-state index contributed by atoms with van der Waals surface area (Å²) in [5.41, 5.74) is 0. The summed E-state index contributed by atoms with van der Waals surface area (Å²) in [7, 11) is 0. The smallest absolute Gasteiger partial charge is 0.414 e. The maximum Gasteiger partial charge on any atom is 0.414 e. The van der Waals surface area contributed by atoms with E-state index in [1.807, 2.05) is 13.8 Å². The largest absolute Gasteiger partial charge is 0.503 e. The average Bonchev–Trinajstić information content (AvgIpc) is 2.49. The molecule has 0 spiro atoms. The Balaban J connectivity index is 2.39. The van der Waals surface area contributed by atoms with Crippen molar-refractivity contribution >= 4 is 28.5 Å². The van der Waals surface area contributed by atoms with Crippen molar-refractivity contribution in [2.75, 3.05) is 13.2 Å². The Morgan fingerprint density at radius 1 is 1.39 bits per heavy atom. The van der Waals surface area contributed by atoms with Crippen LogP contribution in [0.25, 0.3) is 10.8 Å². The van der Waals surface area contributed by atoms with Crippen molar-refractivity contribution < 1.29 is 24.5 Å². The SMILES string of the molecule is CC(C)Oc1ccc2c(Cl)nc(OC(=O)NCCO)c(O)c2c1. The van der Waals surface area contributed by atoms with Gasteiger partial charge in [0.05, 0.1) is 12.7 Å². The number of pyridine rings is 1. The minimum absolute atomic E-state index is 0.0211. The molecule has 0 bridgehead atoms.